The Morgan fingerprint density at radius 2 is 2.05 bits per heavy atom. The molecule has 108 valence electrons. The third-order valence-electron chi connectivity index (χ3n) is 3.20. The first-order valence-corrected chi connectivity index (χ1v) is 7.47. The van der Waals surface area contributed by atoms with Crippen LogP contribution in [-0.4, -0.2) is 39.8 Å². The van der Waals surface area contributed by atoms with Gasteiger partial charge in [-0.25, -0.2) is 0 Å². The van der Waals surface area contributed by atoms with E-state index in [1.54, 1.807) is 12.1 Å². The second kappa shape index (κ2) is 6.85. The van der Waals surface area contributed by atoms with Gasteiger partial charge in [-0.2, -0.15) is 4.98 Å². The molecule has 0 aliphatic carbocycles. The van der Waals surface area contributed by atoms with Crippen molar-refractivity contribution in [1.29, 1.82) is 0 Å². The molecule has 2 aromatic rings. The van der Waals surface area contributed by atoms with Crippen molar-refractivity contribution in [1.82, 2.24) is 15.0 Å². The van der Waals surface area contributed by atoms with E-state index in [4.69, 9.17) is 4.52 Å². The molecule has 1 N–H and O–H groups in total. The number of phenols is 1. The third kappa shape index (κ3) is 3.58. The van der Waals surface area contributed by atoms with Crippen LogP contribution in [0.5, 0.6) is 5.75 Å². The fraction of sp³-hybridized carbons (Fsp3) is 0.429. The molecule has 20 heavy (non-hydrogen) atoms. The Labute approximate surface area is 126 Å². The van der Waals surface area contributed by atoms with Gasteiger partial charge in [-0.05, 0) is 31.3 Å². The molecule has 0 amide bonds. The average Bonchev–Trinajstić information content (AvgIpc) is 2.88. The van der Waals surface area contributed by atoms with E-state index in [9.17, 15) is 5.11 Å². The first-order chi connectivity index (χ1) is 9.63. The van der Waals surface area contributed by atoms with Gasteiger partial charge in [0.05, 0.1) is 5.56 Å². The van der Waals surface area contributed by atoms with Crippen LogP contribution in [0.1, 0.15) is 19.7 Å². The minimum absolute atomic E-state index is 0.123. The molecular formula is C14H18BrN3O2. The maximum Gasteiger partial charge on any atom is 0.261 e. The predicted molar refractivity (Wildman–Crippen MR) is 80.6 cm³/mol. The Bertz CT molecular complexity index is 567. The van der Waals surface area contributed by atoms with Crippen LogP contribution in [-0.2, 0) is 6.42 Å². The number of hydrogen-bond acceptors (Lipinski definition) is 5. The van der Waals surface area contributed by atoms with E-state index in [0.717, 1.165) is 30.5 Å². The van der Waals surface area contributed by atoms with Crippen LogP contribution in [0, 0.1) is 0 Å². The number of likely N-dealkylation sites (N-methyl/N-ethyl adjacent to an activating group) is 1. The Hall–Kier alpha value is -1.40. The van der Waals surface area contributed by atoms with Gasteiger partial charge < -0.3 is 14.5 Å². The number of aromatic nitrogens is 2. The molecule has 1 heterocycles. The first kappa shape index (κ1) is 15.0. The summed E-state index contributed by atoms with van der Waals surface area (Å²) in [4.78, 5) is 6.63. The van der Waals surface area contributed by atoms with E-state index in [1.165, 1.54) is 0 Å². The smallest absolute Gasteiger partial charge is 0.261 e. The van der Waals surface area contributed by atoms with Gasteiger partial charge in [0, 0.05) is 17.4 Å². The Balaban J connectivity index is 2.08. The molecule has 2 rings (SSSR count). The van der Waals surface area contributed by atoms with Crippen molar-refractivity contribution < 1.29 is 9.63 Å². The second-order valence-electron chi connectivity index (χ2n) is 4.45. The SMILES string of the molecule is CCN(CC)CCc1noc(-c2ccc(Br)cc2O)n1. The van der Waals surface area contributed by atoms with E-state index in [-0.39, 0.29) is 5.75 Å². The Kier molecular flexibility index (Phi) is 5.14. The average molecular weight is 340 g/mol. The summed E-state index contributed by atoms with van der Waals surface area (Å²) in [5.74, 6) is 1.14. The van der Waals surface area contributed by atoms with E-state index < -0.39 is 0 Å². The van der Waals surface area contributed by atoms with E-state index >= 15 is 0 Å². The summed E-state index contributed by atoms with van der Waals surface area (Å²) < 4.78 is 6.02. The van der Waals surface area contributed by atoms with Crippen molar-refractivity contribution in [2.24, 2.45) is 0 Å². The molecule has 0 radical (unpaired) electrons. The molecule has 0 aliphatic rings. The molecule has 0 bridgehead atoms. The van der Waals surface area contributed by atoms with Gasteiger partial charge >= 0.3 is 0 Å². The fourth-order valence-electron chi connectivity index (χ4n) is 1.95. The fourth-order valence-corrected chi connectivity index (χ4v) is 2.30. The first-order valence-electron chi connectivity index (χ1n) is 6.67. The van der Waals surface area contributed by atoms with Crippen molar-refractivity contribution in [3.05, 3.63) is 28.5 Å². The minimum atomic E-state index is 0.123. The van der Waals surface area contributed by atoms with Crippen LogP contribution in [0.4, 0.5) is 0 Å². The Morgan fingerprint density at radius 3 is 2.70 bits per heavy atom. The molecule has 0 saturated heterocycles. The van der Waals surface area contributed by atoms with Gasteiger partial charge in [0.15, 0.2) is 5.82 Å². The summed E-state index contributed by atoms with van der Waals surface area (Å²) >= 11 is 3.30. The molecule has 0 unspecified atom stereocenters. The standard InChI is InChI=1S/C14H18BrN3O2/c1-3-18(4-2)8-7-13-16-14(20-17-13)11-6-5-10(15)9-12(11)19/h5-6,9,19H,3-4,7-8H2,1-2H3. The maximum absolute atomic E-state index is 9.88. The summed E-state index contributed by atoms with van der Waals surface area (Å²) in [6, 6.07) is 5.19. The van der Waals surface area contributed by atoms with E-state index in [2.05, 4.69) is 44.8 Å². The predicted octanol–water partition coefficient (Wildman–Crippen LogP) is 3.09. The monoisotopic (exact) mass is 339 g/mol. The number of halogens is 1. The molecule has 0 saturated carbocycles. The summed E-state index contributed by atoms with van der Waals surface area (Å²) in [6.45, 7) is 7.18. The minimum Gasteiger partial charge on any atom is -0.507 e. The lowest BCUT2D eigenvalue weighted by molar-refractivity contribution is 0.303. The number of aromatic hydroxyl groups is 1. The number of nitrogens with zero attached hydrogens (tertiary/aromatic N) is 3. The van der Waals surface area contributed by atoms with E-state index in [0.29, 0.717) is 17.3 Å². The summed E-state index contributed by atoms with van der Waals surface area (Å²) in [6.07, 6.45) is 0.739. The van der Waals surface area contributed by atoms with Crippen LogP contribution in [0.15, 0.2) is 27.2 Å². The number of hydrogen-bond donors (Lipinski definition) is 1. The van der Waals surface area contributed by atoms with Crippen molar-refractivity contribution >= 4 is 15.9 Å². The van der Waals surface area contributed by atoms with Gasteiger partial charge in [0.25, 0.3) is 5.89 Å². The molecular weight excluding hydrogens is 322 g/mol. The summed E-state index contributed by atoms with van der Waals surface area (Å²) in [5, 5.41) is 13.8. The summed E-state index contributed by atoms with van der Waals surface area (Å²) in [5.41, 5.74) is 0.551. The highest BCUT2D eigenvalue weighted by atomic mass is 79.9. The van der Waals surface area contributed by atoms with Crippen molar-refractivity contribution in [3.63, 3.8) is 0 Å². The molecule has 0 fully saturated rings. The topological polar surface area (TPSA) is 62.4 Å². The zero-order chi connectivity index (χ0) is 14.5. The third-order valence-corrected chi connectivity index (χ3v) is 3.70. The highest BCUT2D eigenvalue weighted by Gasteiger charge is 2.13. The zero-order valence-electron chi connectivity index (χ0n) is 11.6. The van der Waals surface area contributed by atoms with Crippen molar-refractivity contribution in [2.45, 2.75) is 20.3 Å². The number of benzene rings is 1. The van der Waals surface area contributed by atoms with Crippen LogP contribution < -0.4 is 0 Å². The second-order valence-corrected chi connectivity index (χ2v) is 5.37. The van der Waals surface area contributed by atoms with Gasteiger partial charge in [0.2, 0.25) is 0 Å². The van der Waals surface area contributed by atoms with Crippen LogP contribution >= 0.6 is 15.9 Å². The van der Waals surface area contributed by atoms with Crippen LogP contribution in [0.3, 0.4) is 0 Å². The van der Waals surface area contributed by atoms with Gasteiger partial charge in [0.1, 0.15) is 5.75 Å². The Morgan fingerprint density at radius 1 is 1.30 bits per heavy atom. The maximum atomic E-state index is 9.88. The van der Waals surface area contributed by atoms with Gasteiger partial charge in [-0.1, -0.05) is 34.9 Å². The molecule has 1 aromatic heterocycles. The highest BCUT2D eigenvalue weighted by Crippen LogP contribution is 2.30. The number of phenolic OH excluding ortho intramolecular Hbond substituents is 1. The van der Waals surface area contributed by atoms with Gasteiger partial charge in [-0.15, -0.1) is 0 Å². The largest absolute Gasteiger partial charge is 0.507 e. The zero-order valence-corrected chi connectivity index (χ0v) is 13.2. The molecule has 0 atom stereocenters. The molecule has 5 nitrogen and oxygen atoms in total. The normalized spacial score (nSPS) is 11.2. The lowest BCUT2D eigenvalue weighted by Crippen LogP contribution is -2.25. The van der Waals surface area contributed by atoms with Crippen molar-refractivity contribution in [2.75, 3.05) is 19.6 Å². The highest BCUT2D eigenvalue weighted by molar-refractivity contribution is 9.10. The van der Waals surface area contributed by atoms with Gasteiger partial charge in [-0.3, -0.25) is 0 Å². The molecule has 0 aliphatic heterocycles. The lowest BCUT2D eigenvalue weighted by atomic mass is 10.2. The molecule has 1 aromatic carbocycles. The van der Waals surface area contributed by atoms with Crippen LogP contribution in [0.2, 0.25) is 0 Å². The van der Waals surface area contributed by atoms with Crippen molar-refractivity contribution in [3.8, 4) is 17.2 Å². The summed E-state index contributed by atoms with van der Waals surface area (Å²) in [7, 11) is 0. The quantitative estimate of drug-likeness (QED) is 0.876. The number of rotatable bonds is 6. The van der Waals surface area contributed by atoms with Crippen LogP contribution in [0.25, 0.3) is 11.5 Å². The molecule has 6 heteroatoms. The molecule has 0 spiro atoms. The van der Waals surface area contributed by atoms with E-state index in [1.807, 2.05) is 6.07 Å². The lowest BCUT2D eigenvalue weighted by Gasteiger charge is -2.16.